The molecule has 0 amide bonds. The Hall–Kier alpha value is -2.04. The SMILES string of the molecule is O=C1C=CC(C2=C([N+](=O)[O-])C2)=CC1=O. The zero-order chi connectivity index (χ0) is 10.3. The minimum Gasteiger partial charge on any atom is -0.286 e. The van der Waals surface area contributed by atoms with Crippen molar-refractivity contribution >= 4 is 11.6 Å². The van der Waals surface area contributed by atoms with E-state index in [4.69, 9.17) is 0 Å². The van der Waals surface area contributed by atoms with E-state index in [9.17, 15) is 19.7 Å². The maximum atomic E-state index is 10.9. The van der Waals surface area contributed by atoms with Crippen molar-refractivity contribution < 1.29 is 14.5 Å². The van der Waals surface area contributed by atoms with Gasteiger partial charge in [-0.15, -0.1) is 0 Å². The molecule has 14 heavy (non-hydrogen) atoms. The number of allylic oxidation sites excluding steroid dienone is 6. The van der Waals surface area contributed by atoms with Crippen LogP contribution in [0.15, 0.2) is 35.1 Å². The Bertz CT molecular complexity index is 453. The van der Waals surface area contributed by atoms with Gasteiger partial charge in [0.15, 0.2) is 0 Å². The summed E-state index contributed by atoms with van der Waals surface area (Å²) in [4.78, 5) is 31.5. The summed E-state index contributed by atoms with van der Waals surface area (Å²) in [6, 6.07) is 0. The molecule has 0 N–H and O–H groups in total. The largest absolute Gasteiger partial charge is 0.286 e. The van der Waals surface area contributed by atoms with Gasteiger partial charge in [0, 0.05) is 5.57 Å². The molecule has 0 bridgehead atoms. The van der Waals surface area contributed by atoms with E-state index in [0.29, 0.717) is 17.6 Å². The van der Waals surface area contributed by atoms with Crippen LogP contribution in [-0.2, 0) is 9.59 Å². The number of nitro groups is 1. The maximum Gasteiger partial charge on any atom is 0.255 e. The van der Waals surface area contributed by atoms with Crippen molar-refractivity contribution in [3.63, 3.8) is 0 Å². The van der Waals surface area contributed by atoms with Gasteiger partial charge in [-0.05, 0) is 17.7 Å². The van der Waals surface area contributed by atoms with Crippen LogP contribution in [0.2, 0.25) is 0 Å². The molecule has 5 nitrogen and oxygen atoms in total. The molecule has 0 aromatic rings. The van der Waals surface area contributed by atoms with Crippen LogP contribution in [0.1, 0.15) is 6.42 Å². The van der Waals surface area contributed by atoms with Crippen molar-refractivity contribution in [3.8, 4) is 0 Å². The van der Waals surface area contributed by atoms with Crippen LogP contribution in [-0.4, -0.2) is 16.5 Å². The van der Waals surface area contributed by atoms with Gasteiger partial charge < -0.3 is 0 Å². The van der Waals surface area contributed by atoms with Crippen LogP contribution >= 0.6 is 0 Å². The Labute approximate surface area is 78.6 Å². The van der Waals surface area contributed by atoms with Crippen LogP contribution in [0.25, 0.3) is 0 Å². The first-order chi connectivity index (χ1) is 6.59. The van der Waals surface area contributed by atoms with Gasteiger partial charge in [0.2, 0.25) is 11.6 Å². The zero-order valence-electron chi connectivity index (χ0n) is 7.02. The molecule has 0 aromatic heterocycles. The molecular formula is C9H5NO4. The number of rotatable bonds is 2. The van der Waals surface area contributed by atoms with Crippen molar-refractivity contribution in [1.29, 1.82) is 0 Å². The summed E-state index contributed by atoms with van der Waals surface area (Å²) in [5.74, 6) is -1.21. The molecule has 0 fully saturated rings. The summed E-state index contributed by atoms with van der Waals surface area (Å²) in [7, 11) is 0. The number of nitrogens with zero attached hydrogens (tertiary/aromatic N) is 1. The first kappa shape index (κ1) is 8.55. The predicted molar refractivity (Wildman–Crippen MR) is 45.9 cm³/mol. The van der Waals surface area contributed by atoms with Gasteiger partial charge in [-0.25, -0.2) is 0 Å². The molecule has 0 atom stereocenters. The summed E-state index contributed by atoms with van der Waals surface area (Å²) in [6.07, 6.45) is 4.02. The third kappa shape index (κ3) is 1.28. The van der Waals surface area contributed by atoms with E-state index in [1.54, 1.807) is 0 Å². The van der Waals surface area contributed by atoms with Gasteiger partial charge in [-0.3, -0.25) is 19.7 Å². The van der Waals surface area contributed by atoms with Crippen molar-refractivity contribution in [2.24, 2.45) is 0 Å². The lowest BCUT2D eigenvalue weighted by Crippen LogP contribution is -2.11. The average Bonchev–Trinajstić information content (AvgIpc) is 2.89. The second-order valence-corrected chi connectivity index (χ2v) is 3.02. The third-order valence-corrected chi connectivity index (χ3v) is 2.08. The normalized spacial score (nSPS) is 19.9. The first-order valence-electron chi connectivity index (χ1n) is 3.94. The Balaban J connectivity index is 2.28. The Morgan fingerprint density at radius 3 is 2.43 bits per heavy atom. The highest BCUT2D eigenvalue weighted by Gasteiger charge is 2.36. The van der Waals surface area contributed by atoms with E-state index in [2.05, 4.69) is 0 Å². The monoisotopic (exact) mass is 191 g/mol. The quantitative estimate of drug-likeness (QED) is 0.276. The highest BCUT2D eigenvalue weighted by Crippen LogP contribution is 2.38. The molecule has 0 saturated heterocycles. The van der Waals surface area contributed by atoms with Crippen LogP contribution < -0.4 is 0 Å². The second kappa shape index (κ2) is 2.73. The molecule has 2 aliphatic rings. The molecule has 5 heteroatoms. The molecule has 0 heterocycles. The number of hydrogen-bond donors (Lipinski definition) is 0. The van der Waals surface area contributed by atoms with E-state index in [1.807, 2.05) is 0 Å². The molecule has 2 rings (SSSR count). The van der Waals surface area contributed by atoms with Crippen LogP contribution in [0, 0.1) is 10.1 Å². The van der Waals surface area contributed by atoms with E-state index in [-0.39, 0.29) is 5.70 Å². The molecule has 0 radical (unpaired) electrons. The molecule has 0 aromatic carbocycles. The summed E-state index contributed by atoms with van der Waals surface area (Å²) in [5, 5.41) is 10.3. The van der Waals surface area contributed by atoms with Crippen LogP contribution in [0.4, 0.5) is 0 Å². The standard InChI is InChI=1S/C9H5NO4/c11-8-2-1-5(3-9(8)12)6-4-7(6)10(13)14/h1-3H,4H2. The minimum atomic E-state index is -0.621. The second-order valence-electron chi connectivity index (χ2n) is 3.02. The highest BCUT2D eigenvalue weighted by molar-refractivity contribution is 6.46. The minimum absolute atomic E-state index is 0.128. The predicted octanol–water partition coefficient (Wildman–Crippen LogP) is 0.555. The zero-order valence-corrected chi connectivity index (χ0v) is 7.02. The van der Waals surface area contributed by atoms with Gasteiger partial charge in [0.05, 0.1) is 11.3 Å². The van der Waals surface area contributed by atoms with Gasteiger partial charge in [-0.1, -0.05) is 6.08 Å². The maximum absolute atomic E-state index is 10.9. The van der Waals surface area contributed by atoms with E-state index >= 15 is 0 Å². The molecule has 70 valence electrons. The van der Waals surface area contributed by atoms with Gasteiger partial charge >= 0.3 is 0 Å². The Morgan fingerprint density at radius 2 is 1.93 bits per heavy atom. The van der Waals surface area contributed by atoms with Gasteiger partial charge in [-0.2, -0.15) is 0 Å². The van der Waals surface area contributed by atoms with Gasteiger partial charge in [0.25, 0.3) is 5.70 Å². The fraction of sp³-hybridized carbons (Fsp3) is 0.111. The molecule has 0 aliphatic heterocycles. The Kier molecular flexibility index (Phi) is 1.67. The molecule has 0 unspecified atom stereocenters. The van der Waals surface area contributed by atoms with E-state index in [0.717, 1.165) is 12.2 Å². The molecule has 0 saturated carbocycles. The summed E-state index contributed by atoms with van der Waals surface area (Å²) in [6.45, 7) is 0. The number of hydrogen-bond acceptors (Lipinski definition) is 4. The topological polar surface area (TPSA) is 77.3 Å². The lowest BCUT2D eigenvalue weighted by atomic mass is 10.0. The number of ketones is 2. The van der Waals surface area contributed by atoms with Crippen LogP contribution in [0.5, 0.6) is 0 Å². The molecule has 0 spiro atoms. The lowest BCUT2D eigenvalue weighted by Gasteiger charge is -1.98. The van der Waals surface area contributed by atoms with Crippen molar-refractivity contribution in [2.75, 3.05) is 0 Å². The molecule has 2 aliphatic carbocycles. The first-order valence-corrected chi connectivity index (χ1v) is 3.94. The van der Waals surface area contributed by atoms with Crippen molar-refractivity contribution in [3.05, 3.63) is 45.2 Å². The van der Waals surface area contributed by atoms with E-state index in [1.165, 1.54) is 6.08 Å². The number of carbonyl (C=O) groups excluding carboxylic acids is 2. The Morgan fingerprint density at radius 1 is 1.21 bits per heavy atom. The van der Waals surface area contributed by atoms with E-state index < -0.39 is 16.5 Å². The third-order valence-electron chi connectivity index (χ3n) is 2.08. The van der Waals surface area contributed by atoms with Crippen LogP contribution in [0.3, 0.4) is 0 Å². The highest BCUT2D eigenvalue weighted by atomic mass is 16.6. The smallest absolute Gasteiger partial charge is 0.255 e. The fourth-order valence-corrected chi connectivity index (χ4v) is 1.26. The summed E-state index contributed by atoms with van der Waals surface area (Å²) in [5.41, 5.74) is 1.16. The lowest BCUT2D eigenvalue weighted by molar-refractivity contribution is -0.417. The van der Waals surface area contributed by atoms with Crippen molar-refractivity contribution in [1.82, 2.24) is 0 Å². The number of carbonyl (C=O) groups is 2. The van der Waals surface area contributed by atoms with Gasteiger partial charge in [0.1, 0.15) is 0 Å². The summed E-state index contributed by atoms with van der Waals surface area (Å²) >= 11 is 0. The fourth-order valence-electron chi connectivity index (χ4n) is 1.26. The average molecular weight is 191 g/mol. The molecular weight excluding hydrogens is 186 g/mol. The summed E-state index contributed by atoms with van der Waals surface area (Å²) < 4.78 is 0. The van der Waals surface area contributed by atoms with Crippen molar-refractivity contribution in [2.45, 2.75) is 6.42 Å².